The number of aromatic nitrogens is 1. The lowest BCUT2D eigenvalue weighted by Gasteiger charge is -2.12. The zero-order chi connectivity index (χ0) is 19.7. The molecular weight excluding hydrogens is 344 g/mol. The summed E-state index contributed by atoms with van der Waals surface area (Å²) in [4.78, 5) is 37.8. The summed E-state index contributed by atoms with van der Waals surface area (Å²) in [5.74, 6) is -0.949. The van der Waals surface area contributed by atoms with E-state index in [0.29, 0.717) is 5.69 Å². The molecule has 7 nitrogen and oxygen atoms in total. The predicted molar refractivity (Wildman–Crippen MR) is 103 cm³/mol. The first kappa shape index (κ1) is 18.4. The second-order valence-electron chi connectivity index (χ2n) is 6.68. The number of amides is 4. The van der Waals surface area contributed by atoms with E-state index in [1.54, 1.807) is 18.2 Å². The Bertz CT molecular complexity index is 954. The Labute approximate surface area is 157 Å². The van der Waals surface area contributed by atoms with Crippen LogP contribution < -0.4 is 10.6 Å². The Hall–Kier alpha value is -3.35. The lowest BCUT2D eigenvalue weighted by molar-refractivity contribution is -0.127. The van der Waals surface area contributed by atoms with Crippen molar-refractivity contribution in [3.8, 4) is 0 Å². The van der Waals surface area contributed by atoms with Gasteiger partial charge in [0.05, 0.1) is 0 Å². The topological polar surface area (TPSA) is 83.4 Å². The van der Waals surface area contributed by atoms with Gasteiger partial charge in [-0.1, -0.05) is 17.7 Å². The number of hydrogen-bond acceptors (Lipinski definition) is 3. The first-order chi connectivity index (χ1) is 12.8. The highest BCUT2D eigenvalue weighted by molar-refractivity contribution is 6.16. The molecule has 2 heterocycles. The summed E-state index contributed by atoms with van der Waals surface area (Å²) >= 11 is 0. The highest BCUT2D eigenvalue weighted by Crippen LogP contribution is 2.19. The van der Waals surface area contributed by atoms with Gasteiger partial charge < -0.3 is 15.2 Å². The summed E-state index contributed by atoms with van der Waals surface area (Å²) in [6, 6.07) is 8.61. The minimum Gasteiger partial charge on any atom is -0.352 e. The first-order valence-electron chi connectivity index (χ1n) is 8.60. The number of hydrogen-bond donors (Lipinski definition) is 2. The van der Waals surface area contributed by atoms with Crippen LogP contribution in [0.25, 0.3) is 6.08 Å². The molecule has 1 fully saturated rings. The molecule has 140 valence electrons. The third kappa shape index (κ3) is 3.76. The van der Waals surface area contributed by atoms with E-state index in [0.717, 1.165) is 27.4 Å². The van der Waals surface area contributed by atoms with E-state index in [4.69, 9.17) is 0 Å². The summed E-state index contributed by atoms with van der Waals surface area (Å²) < 4.78 is 2.00. The largest absolute Gasteiger partial charge is 0.352 e. The van der Waals surface area contributed by atoms with Crippen molar-refractivity contribution in [2.45, 2.75) is 20.8 Å². The smallest absolute Gasteiger partial charge is 0.329 e. The van der Waals surface area contributed by atoms with Crippen molar-refractivity contribution in [1.82, 2.24) is 14.8 Å². The quantitative estimate of drug-likeness (QED) is 0.644. The van der Waals surface area contributed by atoms with Gasteiger partial charge in [-0.15, -0.1) is 0 Å². The average molecular weight is 366 g/mol. The molecule has 3 rings (SSSR count). The summed E-state index contributed by atoms with van der Waals surface area (Å²) in [7, 11) is 1.93. The minimum atomic E-state index is -0.601. The maximum atomic E-state index is 12.5. The zero-order valence-corrected chi connectivity index (χ0v) is 15.8. The molecule has 0 unspecified atom stereocenters. The molecule has 2 N–H and O–H groups in total. The van der Waals surface area contributed by atoms with Crippen molar-refractivity contribution >= 4 is 29.6 Å². The monoisotopic (exact) mass is 366 g/mol. The number of nitrogens with zero attached hydrogens (tertiary/aromatic N) is 2. The van der Waals surface area contributed by atoms with Crippen LogP contribution in [0, 0.1) is 20.8 Å². The zero-order valence-electron chi connectivity index (χ0n) is 15.8. The number of aryl methyl sites for hydroxylation is 2. The van der Waals surface area contributed by atoms with Crippen molar-refractivity contribution in [1.29, 1.82) is 0 Å². The van der Waals surface area contributed by atoms with Crippen LogP contribution in [0.2, 0.25) is 0 Å². The van der Waals surface area contributed by atoms with Crippen LogP contribution in [0.5, 0.6) is 0 Å². The second-order valence-corrected chi connectivity index (χ2v) is 6.68. The van der Waals surface area contributed by atoms with Gasteiger partial charge in [0.1, 0.15) is 12.2 Å². The van der Waals surface area contributed by atoms with Gasteiger partial charge in [-0.05, 0) is 50.6 Å². The van der Waals surface area contributed by atoms with Gasteiger partial charge >= 0.3 is 6.03 Å². The van der Waals surface area contributed by atoms with Gasteiger partial charge in [-0.25, -0.2) is 9.69 Å². The molecule has 1 saturated heterocycles. The lowest BCUT2D eigenvalue weighted by Crippen LogP contribution is -2.38. The molecular formula is C20H22N4O3. The fourth-order valence-corrected chi connectivity index (χ4v) is 2.88. The molecule has 1 aromatic heterocycles. The molecule has 2 aromatic rings. The highest BCUT2D eigenvalue weighted by atomic mass is 16.2. The molecule has 0 radical (unpaired) electrons. The molecule has 0 aliphatic carbocycles. The second kappa shape index (κ2) is 7.11. The molecule has 4 amide bonds. The van der Waals surface area contributed by atoms with E-state index in [1.807, 2.05) is 50.6 Å². The van der Waals surface area contributed by atoms with Crippen LogP contribution in [0.4, 0.5) is 10.5 Å². The maximum Gasteiger partial charge on any atom is 0.329 e. The number of urea groups is 1. The standard InChI is InChI=1S/C20H22N4O3/c1-12-5-7-16(8-6-12)21-18(25)11-24-19(26)17(22-20(24)27)10-15-9-13(2)23(4)14(15)3/h5-10H,11H2,1-4H3,(H,21,25)(H,22,27)/b17-10+. The molecule has 1 aliphatic rings. The highest BCUT2D eigenvalue weighted by Gasteiger charge is 2.35. The molecule has 1 aliphatic heterocycles. The van der Waals surface area contributed by atoms with Crippen molar-refractivity contribution in [3.63, 3.8) is 0 Å². The van der Waals surface area contributed by atoms with E-state index in [-0.39, 0.29) is 12.2 Å². The third-order valence-corrected chi connectivity index (χ3v) is 4.71. The average Bonchev–Trinajstić information content (AvgIpc) is 3.02. The molecule has 27 heavy (non-hydrogen) atoms. The number of carbonyl (C=O) groups is 3. The van der Waals surface area contributed by atoms with Gasteiger partial charge in [0.25, 0.3) is 5.91 Å². The summed E-state index contributed by atoms with van der Waals surface area (Å²) in [6.07, 6.45) is 1.64. The normalized spacial score (nSPS) is 15.4. The Kier molecular flexibility index (Phi) is 4.85. The molecule has 7 heteroatoms. The van der Waals surface area contributed by atoms with E-state index < -0.39 is 17.8 Å². The van der Waals surface area contributed by atoms with Crippen molar-refractivity contribution in [2.75, 3.05) is 11.9 Å². The predicted octanol–water partition coefficient (Wildman–Crippen LogP) is 2.48. The SMILES string of the molecule is Cc1ccc(NC(=O)CN2C(=O)N/C(=C/c3cc(C)n(C)c3C)C2=O)cc1. The number of rotatable bonds is 4. The third-order valence-electron chi connectivity index (χ3n) is 4.71. The number of imide groups is 1. The summed E-state index contributed by atoms with van der Waals surface area (Å²) in [6.45, 7) is 5.50. The fourth-order valence-electron chi connectivity index (χ4n) is 2.88. The van der Waals surface area contributed by atoms with Crippen molar-refractivity contribution < 1.29 is 14.4 Å². The summed E-state index contributed by atoms with van der Waals surface area (Å²) in [5.41, 5.74) is 4.73. The number of anilines is 1. The number of carbonyl (C=O) groups excluding carboxylic acids is 3. The van der Waals surface area contributed by atoms with Gasteiger partial charge in [0.15, 0.2) is 0 Å². The number of benzene rings is 1. The van der Waals surface area contributed by atoms with Crippen LogP contribution in [-0.2, 0) is 16.6 Å². The van der Waals surface area contributed by atoms with Gasteiger partial charge in [-0.3, -0.25) is 9.59 Å². The lowest BCUT2D eigenvalue weighted by atomic mass is 10.2. The Balaban J connectivity index is 1.72. The van der Waals surface area contributed by atoms with E-state index >= 15 is 0 Å². The van der Waals surface area contributed by atoms with E-state index in [9.17, 15) is 14.4 Å². The summed E-state index contributed by atoms with van der Waals surface area (Å²) in [5, 5.41) is 5.23. The molecule has 1 aromatic carbocycles. The Morgan fingerprint density at radius 1 is 1.15 bits per heavy atom. The Morgan fingerprint density at radius 3 is 2.41 bits per heavy atom. The fraction of sp³-hybridized carbons (Fsp3) is 0.250. The van der Waals surface area contributed by atoms with Gasteiger partial charge in [0, 0.05) is 24.1 Å². The van der Waals surface area contributed by atoms with E-state index in [1.165, 1.54) is 0 Å². The molecule has 0 spiro atoms. The van der Waals surface area contributed by atoms with E-state index in [2.05, 4.69) is 10.6 Å². The molecule has 0 bridgehead atoms. The van der Waals surface area contributed by atoms with Gasteiger partial charge in [-0.2, -0.15) is 0 Å². The van der Waals surface area contributed by atoms with Crippen LogP contribution >= 0.6 is 0 Å². The van der Waals surface area contributed by atoms with Crippen LogP contribution in [0.1, 0.15) is 22.5 Å². The minimum absolute atomic E-state index is 0.164. The first-order valence-corrected chi connectivity index (χ1v) is 8.60. The molecule has 0 saturated carbocycles. The van der Waals surface area contributed by atoms with Crippen LogP contribution in [0.15, 0.2) is 36.0 Å². The van der Waals surface area contributed by atoms with Gasteiger partial charge in [0.2, 0.25) is 5.91 Å². The Morgan fingerprint density at radius 2 is 1.81 bits per heavy atom. The molecule has 0 atom stereocenters. The number of nitrogens with one attached hydrogen (secondary N) is 2. The van der Waals surface area contributed by atoms with Crippen molar-refractivity contribution in [2.24, 2.45) is 7.05 Å². The van der Waals surface area contributed by atoms with Crippen LogP contribution in [0.3, 0.4) is 0 Å². The maximum absolute atomic E-state index is 12.5. The van der Waals surface area contributed by atoms with Crippen molar-refractivity contribution in [3.05, 3.63) is 58.5 Å². The van der Waals surface area contributed by atoms with Crippen LogP contribution in [-0.4, -0.2) is 33.9 Å².